The molecule has 4 rings (SSSR count). The predicted octanol–water partition coefficient (Wildman–Crippen LogP) is 6.61. The van der Waals surface area contributed by atoms with E-state index in [9.17, 15) is 9.18 Å². The van der Waals surface area contributed by atoms with Gasteiger partial charge in [-0.15, -0.1) is 0 Å². The zero-order valence-corrected chi connectivity index (χ0v) is 20.8. The van der Waals surface area contributed by atoms with Crippen LogP contribution < -0.4 is 4.74 Å². The molecule has 0 aliphatic carbocycles. The number of aliphatic imine (C=N–C) groups is 1. The van der Waals surface area contributed by atoms with Crippen molar-refractivity contribution in [1.29, 1.82) is 0 Å². The van der Waals surface area contributed by atoms with E-state index in [2.05, 4.69) is 50.2 Å². The van der Waals surface area contributed by atoms with Gasteiger partial charge >= 0.3 is 5.97 Å². The summed E-state index contributed by atoms with van der Waals surface area (Å²) in [4.78, 5) is 16.4. The van der Waals surface area contributed by atoms with E-state index in [4.69, 9.17) is 21.1 Å². The number of hydrogen-bond donors (Lipinski definition) is 0. The lowest BCUT2D eigenvalue weighted by Crippen LogP contribution is -2.07. The molecule has 0 atom stereocenters. The summed E-state index contributed by atoms with van der Waals surface area (Å²) in [7, 11) is 0. The average Bonchev–Trinajstić information content (AvgIpc) is 3.09. The Morgan fingerprint density at radius 3 is 2.45 bits per heavy atom. The van der Waals surface area contributed by atoms with Crippen LogP contribution in [0.4, 0.5) is 4.39 Å². The van der Waals surface area contributed by atoms with Crippen molar-refractivity contribution in [2.24, 2.45) is 4.99 Å². The predicted molar refractivity (Wildman–Crippen MR) is 135 cm³/mol. The summed E-state index contributed by atoms with van der Waals surface area (Å²) in [6.45, 7) is 0.342. The Hall–Kier alpha value is -1.98. The zero-order chi connectivity index (χ0) is 22.0. The van der Waals surface area contributed by atoms with Crippen LogP contribution in [-0.4, -0.2) is 11.9 Å². The molecule has 8 heteroatoms. The van der Waals surface area contributed by atoms with Gasteiger partial charge in [-0.05, 0) is 87.2 Å². The molecule has 0 unspecified atom stereocenters. The van der Waals surface area contributed by atoms with Crippen molar-refractivity contribution in [2.45, 2.75) is 6.61 Å². The fourth-order valence-corrected chi connectivity index (χ4v) is 5.20. The summed E-state index contributed by atoms with van der Waals surface area (Å²) in [5.41, 5.74) is 1.90. The Kier molecular flexibility index (Phi) is 6.92. The average molecular weight is 660 g/mol. The number of carbonyl (C=O) groups is 1. The molecule has 0 fully saturated rings. The highest BCUT2D eigenvalue weighted by Crippen LogP contribution is 2.32. The summed E-state index contributed by atoms with van der Waals surface area (Å²) in [6.07, 6.45) is 1.61. The highest BCUT2D eigenvalue weighted by molar-refractivity contribution is 14.1. The second-order valence-corrected chi connectivity index (χ2v) is 9.24. The third-order valence-corrected chi connectivity index (χ3v) is 6.35. The summed E-state index contributed by atoms with van der Waals surface area (Å²) in [5.74, 6) is -0.437. The van der Waals surface area contributed by atoms with Crippen molar-refractivity contribution in [3.63, 3.8) is 0 Å². The number of ether oxygens (including phenoxy) is 2. The molecule has 0 N–H and O–H groups in total. The number of benzene rings is 3. The summed E-state index contributed by atoms with van der Waals surface area (Å²) in [6, 6.07) is 17.3. The fraction of sp³-hybridized carbons (Fsp3) is 0.0435. The van der Waals surface area contributed by atoms with Gasteiger partial charge < -0.3 is 9.47 Å². The van der Waals surface area contributed by atoms with E-state index in [1.807, 2.05) is 36.4 Å². The summed E-state index contributed by atoms with van der Waals surface area (Å²) < 4.78 is 26.9. The van der Waals surface area contributed by atoms with E-state index in [-0.39, 0.29) is 17.2 Å². The van der Waals surface area contributed by atoms with E-state index in [1.54, 1.807) is 18.2 Å². The Morgan fingerprint density at radius 1 is 1.06 bits per heavy atom. The minimum absolute atomic E-state index is 0.0431. The van der Waals surface area contributed by atoms with Crippen LogP contribution in [0.1, 0.15) is 16.7 Å². The molecule has 31 heavy (non-hydrogen) atoms. The lowest BCUT2D eigenvalue weighted by Gasteiger charge is -2.12. The molecular weight excluding hydrogens is 647 g/mol. The van der Waals surface area contributed by atoms with Crippen LogP contribution in [0.25, 0.3) is 6.08 Å². The quantitative estimate of drug-likeness (QED) is 0.176. The minimum Gasteiger partial charge on any atom is -0.487 e. The molecule has 0 radical (unpaired) electrons. The Balaban J connectivity index is 1.58. The van der Waals surface area contributed by atoms with Crippen molar-refractivity contribution in [3.05, 3.63) is 101 Å². The molecular formula is C23H13ClFI2NO3. The van der Waals surface area contributed by atoms with Gasteiger partial charge in [-0.2, -0.15) is 0 Å². The van der Waals surface area contributed by atoms with Gasteiger partial charge in [-0.1, -0.05) is 41.9 Å². The van der Waals surface area contributed by atoms with E-state index in [0.717, 1.165) is 24.0 Å². The first-order valence-electron chi connectivity index (χ1n) is 9.05. The molecule has 0 amide bonds. The van der Waals surface area contributed by atoms with Crippen molar-refractivity contribution < 1.29 is 18.7 Å². The molecule has 1 heterocycles. The highest BCUT2D eigenvalue weighted by atomic mass is 127. The Morgan fingerprint density at radius 2 is 1.74 bits per heavy atom. The van der Waals surface area contributed by atoms with Gasteiger partial charge in [0.15, 0.2) is 5.70 Å². The van der Waals surface area contributed by atoms with Gasteiger partial charge in [0, 0.05) is 10.6 Å². The molecule has 1 aliphatic rings. The maximum Gasteiger partial charge on any atom is 0.363 e. The molecule has 3 aromatic rings. The number of nitrogens with zero attached hydrogens (tertiary/aromatic N) is 1. The molecule has 0 spiro atoms. The summed E-state index contributed by atoms with van der Waals surface area (Å²) in [5, 5.41) is 0.650. The van der Waals surface area contributed by atoms with Gasteiger partial charge in [-0.25, -0.2) is 14.2 Å². The van der Waals surface area contributed by atoms with Gasteiger partial charge in [-0.3, -0.25) is 0 Å². The normalized spacial score (nSPS) is 14.5. The third-order valence-electron chi connectivity index (χ3n) is 4.38. The first-order valence-corrected chi connectivity index (χ1v) is 11.6. The van der Waals surface area contributed by atoms with Gasteiger partial charge in [0.1, 0.15) is 18.2 Å². The number of rotatable bonds is 5. The molecule has 0 bridgehead atoms. The largest absolute Gasteiger partial charge is 0.487 e. The molecule has 3 aromatic carbocycles. The number of carbonyl (C=O) groups excluding carboxylic acids is 1. The second kappa shape index (κ2) is 9.66. The number of cyclic esters (lactones) is 1. The van der Waals surface area contributed by atoms with Crippen LogP contribution in [0.5, 0.6) is 5.75 Å². The Bertz CT molecular complexity index is 1220. The molecule has 4 nitrogen and oxygen atoms in total. The second-order valence-electron chi connectivity index (χ2n) is 6.51. The monoisotopic (exact) mass is 659 g/mol. The van der Waals surface area contributed by atoms with Crippen LogP contribution in [0.2, 0.25) is 5.02 Å². The topological polar surface area (TPSA) is 47.9 Å². The summed E-state index contributed by atoms with van der Waals surface area (Å²) >= 11 is 10.6. The molecule has 0 saturated heterocycles. The fourth-order valence-electron chi connectivity index (χ4n) is 2.88. The first kappa shape index (κ1) is 22.2. The number of halogens is 4. The number of esters is 1. The SMILES string of the molecule is O=C1OC(c2ccccc2F)=N/C1=C\c1cc(I)c(OCc2ccccc2Cl)c(I)c1. The third kappa shape index (κ3) is 5.09. The molecule has 156 valence electrons. The van der Waals surface area contributed by atoms with Crippen LogP contribution >= 0.6 is 56.8 Å². The van der Waals surface area contributed by atoms with Crippen LogP contribution in [-0.2, 0) is 16.1 Å². The van der Waals surface area contributed by atoms with Gasteiger partial charge in [0.25, 0.3) is 0 Å². The standard InChI is InChI=1S/C23H13ClFI2NO3/c24-16-7-3-1-5-14(16)12-30-21-18(26)9-13(10-19(21)27)11-20-23(29)31-22(28-20)15-6-2-4-8-17(15)25/h1-11H,12H2/b20-11-. The lowest BCUT2D eigenvalue weighted by molar-refractivity contribution is -0.129. The van der Waals surface area contributed by atoms with Crippen molar-refractivity contribution >= 4 is 74.7 Å². The van der Waals surface area contributed by atoms with Gasteiger partial charge in [0.05, 0.1) is 12.7 Å². The number of hydrogen-bond acceptors (Lipinski definition) is 4. The van der Waals surface area contributed by atoms with E-state index in [1.165, 1.54) is 12.1 Å². The van der Waals surface area contributed by atoms with Gasteiger partial charge in [0.2, 0.25) is 5.90 Å². The maximum absolute atomic E-state index is 14.0. The van der Waals surface area contributed by atoms with Crippen LogP contribution in [0, 0.1) is 13.0 Å². The zero-order valence-electron chi connectivity index (χ0n) is 15.7. The van der Waals surface area contributed by atoms with Crippen LogP contribution in [0.15, 0.2) is 71.4 Å². The van der Waals surface area contributed by atoms with Crippen LogP contribution in [0.3, 0.4) is 0 Å². The first-order chi connectivity index (χ1) is 14.9. The highest BCUT2D eigenvalue weighted by Gasteiger charge is 2.26. The van der Waals surface area contributed by atoms with Crippen molar-refractivity contribution in [2.75, 3.05) is 0 Å². The maximum atomic E-state index is 14.0. The van der Waals surface area contributed by atoms with Crippen molar-refractivity contribution in [1.82, 2.24) is 0 Å². The smallest absolute Gasteiger partial charge is 0.363 e. The minimum atomic E-state index is -0.623. The molecule has 1 aliphatic heterocycles. The lowest BCUT2D eigenvalue weighted by atomic mass is 10.2. The van der Waals surface area contributed by atoms with E-state index < -0.39 is 11.8 Å². The van der Waals surface area contributed by atoms with E-state index in [0.29, 0.717) is 11.6 Å². The molecule has 0 aromatic heterocycles. The van der Waals surface area contributed by atoms with Crippen molar-refractivity contribution in [3.8, 4) is 5.75 Å². The Labute approximate surface area is 210 Å². The van der Waals surface area contributed by atoms with E-state index >= 15 is 0 Å². The molecule has 0 saturated carbocycles.